The molecule has 80 valence electrons. The topological polar surface area (TPSA) is 29.1 Å². The first-order valence-electron chi connectivity index (χ1n) is 4.90. The van der Waals surface area contributed by atoms with Crippen LogP contribution < -0.4 is 5.32 Å². The van der Waals surface area contributed by atoms with Crippen molar-refractivity contribution in [3.05, 3.63) is 42.0 Å². The van der Waals surface area contributed by atoms with Crippen LogP contribution in [0, 0.1) is 0 Å². The molecule has 0 aliphatic rings. The van der Waals surface area contributed by atoms with Gasteiger partial charge in [-0.15, -0.1) is 11.6 Å². The number of hydrogen-bond acceptors (Lipinski definition) is 1. The molecule has 0 unspecified atom stereocenters. The third-order valence-electron chi connectivity index (χ3n) is 1.84. The van der Waals surface area contributed by atoms with Crippen LogP contribution >= 0.6 is 11.6 Å². The van der Waals surface area contributed by atoms with Crippen LogP contribution in [0.3, 0.4) is 0 Å². The maximum absolute atomic E-state index is 11.3. The van der Waals surface area contributed by atoms with E-state index in [2.05, 4.69) is 5.32 Å². The molecule has 1 amide bonds. The molecule has 0 saturated heterocycles. The van der Waals surface area contributed by atoms with E-state index in [0.717, 1.165) is 12.0 Å². The number of amides is 1. The van der Waals surface area contributed by atoms with Crippen molar-refractivity contribution in [1.82, 2.24) is 5.32 Å². The lowest BCUT2D eigenvalue weighted by atomic mass is 10.2. The van der Waals surface area contributed by atoms with Gasteiger partial charge in [-0.3, -0.25) is 4.79 Å². The lowest BCUT2D eigenvalue weighted by Crippen LogP contribution is -2.22. The van der Waals surface area contributed by atoms with E-state index in [4.69, 9.17) is 11.6 Å². The second-order valence-corrected chi connectivity index (χ2v) is 3.46. The summed E-state index contributed by atoms with van der Waals surface area (Å²) in [5.41, 5.74) is 1.02. The fourth-order valence-electron chi connectivity index (χ4n) is 1.07. The van der Waals surface area contributed by atoms with Gasteiger partial charge in [-0.2, -0.15) is 0 Å². The minimum absolute atomic E-state index is 0.0797. The van der Waals surface area contributed by atoms with Crippen molar-refractivity contribution in [2.45, 2.75) is 6.42 Å². The minimum Gasteiger partial charge on any atom is -0.353 e. The molecule has 1 aromatic carbocycles. The molecule has 1 aromatic rings. The van der Waals surface area contributed by atoms with Crippen LogP contribution in [-0.2, 0) is 4.79 Å². The molecule has 0 aliphatic carbocycles. The highest BCUT2D eigenvalue weighted by atomic mass is 35.5. The highest BCUT2D eigenvalue weighted by molar-refractivity contribution is 6.17. The van der Waals surface area contributed by atoms with Gasteiger partial charge in [0.05, 0.1) is 0 Å². The Labute approximate surface area is 94.9 Å². The molecule has 15 heavy (non-hydrogen) atoms. The molecule has 3 heteroatoms. The van der Waals surface area contributed by atoms with Crippen LogP contribution in [0.25, 0.3) is 6.08 Å². The monoisotopic (exact) mass is 223 g/mol. The Morgan fingerprint density at radius 1 is 1.33 bits per heavy atom. The number of nitrogens with one attached hydrogen (secondary N) is 1. The van der Waals surface area contributed by atoms with Gasteiger partial charge in [0.1, 0.15) is 0 Å². The lowest BCUT2D eigenvalue weighted by molar-refractivity contribution is -0.116. The van der Waals surface area contributed by atoms with Crippen molar-refractivity contribution < 1.29 is 4.79 Å². The number of carbonyl (C=O) groups excluding carboxylic acids is 1. The normalized spacial score (nSPS) is 10.5. The highest BCUT2D eigenvalue weighted by Gasteiger charge is 1.93. The van der Waals surface area contributed by atoms with Crippen molar-refractivity contribution in [3.8, 4) is 0 Å². The summed E-state index contributed by atoms with van der Waals surface area (Å²) in [5.74, 6) is 0.492. The van der Waals surface area contributed by atoms with Gasteiger partial charge in [-0.05, 0) is 18.1 Å². The summed E-state index contributed by atoms with van der Waals surface area (Å²) in [5, 5.41) is 2.74. The third kappa shape index (κ3) is 5.23. The van der Waals surface area contributed by atoms with Gasteiger partial charge in [-0.1, -0.05) is 30.3 Å². The van der Waals surface area contributed by atoms with Gasteiger partial charge in [0.15, 0.2) is 0 Å². The molecule has 0 saturated carbocycles. The van der Waals surface area contributed by atoms with E-state index in [0.29, 0.717) is 12.4 Å². The number of benzene rings is 1. The first-order chi connectivity index (χ1) is 7.33. The predicted molar refractivity (Wildman–Crippen MR) is 63.8 cm³/mol. The molecule has 0 spiro atoms. The summed E-state index contributed by atoms with van der Waals surface area (Å²) in [6.45, 7) is 0.626. The molecule has 0 aromatic heterocycles. The summed E-state index contributed by atoms with van der Waals surface area (Å²) in [4.78, 5) is 11.3. The fourth-order valence-corrected chi connectivity index (χ4v) is 1.21. The molecule has 0 fully saturated rings. The van der Waals surface area contributed by atoms with E-state index in [9.17, 15) is 4.79 Å². The Morgan fingerprint density at radius 3 is 2.73 bits per heavy atom. The molecule has 0 bridgehead atoms. The molecule has 0 heterocycles. The van der Waals surface area contributed by atoms with Crippen molar-refractivity contribution in [3.63, 3.8) is 0 Å². The van der Waals surface area contributed by atoms with E-state index < -0.39 is 0 Å². The van der Waals surface area contributed by atoms with E-state index >= 15 is 0 Å². The Hall–Kier alpha value is -1.28. The molecule has 0 radical (unpaired) electrons. The van der Waals surface area contributed by atoms with E-state index in [-0.39, 0.29) is 5.91 Å². The first kappa shape index (κ1) is 11.8. The zero-order valence-electron chi connectivity index (χ0n) is 8.45. The van der Waals surface area contributed by atoms with Gasteiger partial charge in [0, 0.05) is 18.5 Å². The van der Waals surface area contributed by atoms with Gasteiger partial charge >= 0.3 is 0 Å². The minimum atomic E-state index is -0.0797. The molecular formula is C12H14ClNO. The van der Waals surface area contributed by atoms with E-state index in [1.54, 1.807) is 6.08 Å². The lowest BCUT2D eigenvalue weighted by Gasteiger charge is -1.98. The summed E-state index contributed by atoms with van der Waals surface area (Å²) >= 11 is 5.49. The van der Waals surface area contributed by atoms with Crippen LogP contribution in [0.1, 0.15) is 12.0 Å². The van der Waals surface area contributed by atoms with E-state index in [1.807, 2.05) is 30.3 Å². The summed E-state index contributed by atoms with van der Waals surface area (Å²) in [6.07, 6.45) is 4.12. The zero-order valence-corrected chi connectivity index (χ0v) is 9.20. The maximum atomic E-state index is 11.3. The predicted octanol–water partition coefficient (Wildman–Crippen LogP) is 2.44. The second-order valence-electron chi connectivity index (χ2n) is 3.08. The van der Waals surface area contributed by atoms with Gasteiger partial charge in [0.25, 0.3) is 0 Å². The SMILES string of the molecule is O=C(C=Cc1ccccc1)NCCCCl. The molecule has 1 N–H and O–H groups in total. The molecule has 1 rings (SSSR count). The largest absolute Gasteiger partial charge is 0.353 e. The van der Waals surface area contributed by atoms with Crippen LogP contribution in [0.2, 0.25) is 0 Å². The number of halogens is 1. The number of rotatable bonds is 5. The highest BCUT2D eigenvalue weighted by Crippen LogP contribution is 2.00. The van der Waals surface area contributed by atoms with Gasteiger partial charge in [-0.25, -0.2) is 0 Å². The second kappa shape index (κ2) is 7.07. The Morgan fingerprint density at radius 2 is 2.07 bits per heavy atom. The van der Waals surface area contributed by atoms with Crippen LogP contribution in [0.5, 0.6) is 0 Å². The quantitative estimate of drug-likeness (QED) is 0.464. The average Bonchev–Trinajstić information content (AvgIpc) is 2.28. The number of alkyl halides is 1. The fraction of sp³-hybridized carbons (Fsp3) is 0.250. The van der Waals surface area contributed by atoms with Crippen molar-refractivity contribution in [1.29, 1.82) is 0 Å². The zero-order chi connectivity index (χ0) is 10.9. The van der Waals surface area contributed by atoms with Crippen LogP contribution in [0.15, 0.2) is 36.4 Å². The Kier molecular flexibility index (Phi) is 5.56. The van der Waals surface area contributed by atoms with E-state index in [1.165, 1.54) is 6.08 Å². The first-order valence-corrected chi connectivity index (χ1v) is 5.43. The summed E-state index contributed by atoms with van der Waals surface area (Å²) in [6, 6.07) is 9.71. The Bertz CT molecular complexity index is 322. The maximum Gasteiger partial charge on any atom is 0.243 e. The van der Waals surface area contributed by atoms with Crippen molar-refractivity contribution >= 4 is 23.6 Å². The van der Waals surface area contributed by atoms with Crippen LogP contribution in [0.4, 0.5) is 0 Å². The summed E-state index contributed by atoms with van der Waals surface area (Å²) < 4.78 is 0. The number of carbonyl (C=O) groups is 1. The standard InChI is InChI=1S/C12H14ClNO/c13-9-4-10-14-12(15)8-7-11-5-2-1-3-6-11/h1-3,5-8H,4,9-10H2,(H,14,15). The molecule has 2 nitrogen and oxygen atoms in total. The Balaban J connectivity index is 2.34. The average molecular weight is 224 g/mol. The molecule has 0 atom stereocenters. The molecule has 0 aliphatic heterocycles. The van der Waals surface area contributed by atoms with Crippen molar-refractivity contribution in [2.75, 3.05) is 12.4 Å². The number of hydrogen-bond donors (Lipinski definition) is 1. The van der Waals surface area contributed by atoms with Crippen LogP contribution in [-0.4, -0.2) is 18.3 Å². The third-order valence-corrected chi connectivity index (χ3v) is 2.10. The van der Waals surface area contributed by atoms with Crippen molar-refractivity contribution in [2.24, 2.45) is 0 Å². The summed E-state index contributed by atoms with van der Waals surface area (Å²) in [7, 11) is 0. The molecular weight excluding hydrogens is 210 g/mol. The van der Waals surface area contributed by atoms with Gasteiger partial charge in [0.2, 0.25) is 5.91 Å². The van der Waals surface area contributed by atoms with Gasteiger partial charge < -0.3 is 5.32 Å². The smallest absolute Gasteiger partial charge is 0.243 e.